The second-order valence-electron chi connectivity index (χ2n) is 6.08. The van der Waals surface area contributed by atoms with Gasteiger partial charge in [-0.05, 0) is 41.1 Å². The summed E-state index contributed by atoms with van der Waals surface area (Å²) >= 11 is 1.10. The summed E-state index contributed by atoms with van der Waals surface area (Å²) < 4.78 is 43.6. The van der Waals surface area contributed by atoms with Gasteiger partial charge in [-0.15, -0.1) is 11.3 Å². The number of aromatic nitrogens is 2. The molecule has 3 aromatic rings. The second kappa shape index (κ2) is 8.61. The maximum atomic E-state index is 12.2. The van der Waals surface area contributed by atoms with Gasteiger partial charge in [-0.3, -0.25) is 4.79 Å². The molecule has 0 atom stereocenters. The number of ether oxygens (including phenoxy) is 1. The van der Waals surface area contributed by atoms with Crippen LogP contribution in [0.25, 0.3) is 16.8 Å². The Morgan fingerprint density at radius 2 is 2.11 bits per heavy atom. The Hall–Kier alpha value is -2.59. The van der Waals surface area contributed by atoms with Crippen LogP contribution in [0.3, 0.4) is 0 Å². The molecule has 0 radical (unpaired) electrons. The number of carbonyl (C=O) groups is 1. The third kappa shape index (κ3) is 5.23. The highest BCUT2D eigenvalue weighted by Gasteiger charge is 2.28. The summed E-state index contributed by atoms with van der Waals surface area (Å²) in [5, 5.41) is 6.84. The maximum Gasteiger partial charge on any atom is 0.405 e. The molecule has 2 N–H and O–H groups in total. The topological polar surface area (TPSA) is 67.7 Å². The number of nitrogens with zero attached hydrogens (tertiary/aromatic N) is 2. The fourth-order valence-electron chi connectivity index (χ4n) is 2.56. The lowest BCUT2D eigenvalue weighted by Gasteiger charge is -2.06. The number of alkyl halides is 3. The second-order valence-corrected chi connectivity index (χ2v) is 6.99. The van der Waals surface area contributed by atoms with Crippen molar-refractivity contribution in [1.82, 2.24) is 14.7 Å². The van der Waals surface area contributed by atoms with Crippen molar-refractivity contribution in [3.8, 4) is 11.1 Å². The number of methoxy groups -OCH3 is 1. The van der Waals surface area contributed by atoms with E-state index < -0.39 is 18.6 Å². The van der Waals surface area contributed by atoms with Crippen LogP contribution >= 0.6 is 11.3 Å². The summed E-state index contributed by atoms with van der Waals surface area (Å²) in [6.07, 6.45) is 0.151. The molecule has 0 unspecified atom stereocenters. The van der Waals surface area contributed by atoms with E-state index in [1.807, 2.05) is 34.2 Å². The highest BCUT2D eigenvalue weighted by atomic mass is 32.1. The number of carbonyl (C=O) groups excluding carboxylic acids is 1. The molecule has 3 heterocycles. The summed E-state index contributed by atoms with van der Waals surface area (Å²) in [6, 6.07) is 5.28. The third-order valence-corrected chi connectivity index (χ3v) is 4.82. The molecule has 0 aliphatic heterocycles. The van der Waals surface area contributed by atoms with Crippen molar-refractivity contribution in [2.45, 2.75) is 12.6 Å². The Balaban J connectivity index is 1.70. The molecule has 0 aliphatic carbocycles. The average Bonchev–Trinajstić information content (AvgIpc) is 3.28. The smallest absolute Gasteiger partial charge is 0.385 e. The van der Waals surface area contributed by atoms with Gasteiger partial charge in [0.05, 0.1) is 11.1 Å². The Bertz CT molecular complexity index is 952. The van der Waals surface area contributed by atoms with Gasteiger partial charge in [0, 0.05) is 26.5 Å². The van der Waals surface area contributed by atoms with Crippen molar-refractivity contribution < 1.29 is 22.7 Å². The SMILES string of the molecule is COCCCNc1cn2cc(-c3csc(C(=O)NCC(F)(F)F)c3)ccc2n1. The number of rotatable bonds is 8. The molecule has 6 nitrogen and oxygen atoms in total. The monoisotopic (exact) mass is 412 g/mol. The number of anilines is 1. The number of pyridine rings is 1. The lowest BCUT2D eigenvalue weighted by molar-refractivity contribution is -0.123. The molecule has 0 fully saturated rings. The standard InChI is InChI=1S/C18H19F3N4O2S/c1-27-6-2-5-22-15-9-25-8-12(3-4-16(25)24-15)13-7-14(28-10-13)17(26)23-11-18(19,20)21/h3-4,7-10,22H,2,5-6,11H2,1H3,(H,23,26). The fourth-order valence-corrected chi connectivity index (χ4v) is 3.39. The Labute approximate surface area is 163 Å². The van der Waals surface area contributed by atoms with Crippen LogP contribution in [0.5, 0.6) is 0 Å². The molecule has 150 valence electrons. The first kappa shape index (κ1) is 20.2. The van der Waals surface area contributed by atoms with Crippen molar-refractivity contribution in [1.29, 1.82) is 0 Å². The number of amides is 1. The zero-order valence-electron chi connectivity index (χ0n) is 15.0. The fraction of sp³-hybridized carbons (Fsp3) is 0.333. The first-order valence-electron chi connectivity index (χ1n) is 8.51. The van der Waals surface area contributed by atoms with Crippen LogP contribution in [-0.2, 0) is 4.74 Å². The first-order chi connectivity index (χ1) is 13.4. The molecule has 0 spiro atoms. The summed E-state index contributed by atoms with van der Waals surface area (Å²) in [4.78, 5) is 16.6. The lowest BCUT2D eigenvalue weighted by Crippen LogP contribution is -2.33. The van der Waals surface area contributed by atoms with Crippen LogP contribution in [0, 0.1) is 0 Å². The molecule has 3 rings (SSSR count). The highest BCUT2D eigenvalue weighted by molar-refractivity contribution is 7.12. The molecule has 28 heavy (non-hydrogen) atoms. The van der Waals surface area contributed by atoms with Gasteiger partial charge in [-0.25, -0.2) is 4.98 Å². The number of fused-ring (bicyclic) bond motifs is 1. The quantitative estimate of drug-likeness (QED) is 0.553. The molecule has 0 aromatic carbocycles. The van der Waals surface area contributed by atoms with Gasteiger partial charge in [-0.1, -0.05) is 0 Å². The van der Waals surface area contributed by atoms with Crippen LogP contribution in [0.1, 0.15) is 16.1 Å². The zero-order valence-corrected chi connectivity index (χ0v) is 15.9. The number of nitrogens with one attached hydrogen (secondary N) is 2. The largest absolute Gasteiger partial charge is 0.405 e. The van der Waals surface area contributed by atoms with Gasteiger partial charge in [0.25, 0.3) is 5.91 Å². The Morgan fingerprint density at radius 3 is 2.86 bits per heavy atom. The van der Waals surface area contributed by atoms with Crippen molar-refractivity contribution in [2.75, 3.05) is 32.1 Å². The zero-order chi connectivity index (χ0) is 20.1. The van der Waals surface area contributed by atoms with Crippen LogP contribution < -0.4 is 10.6 Å². The van der Waals surface area contributed by atoms with E-state index in [1.54, 1.807) is 18.6 Å². The minimum atomic E-state index is -4.43. The van der Waals surface area contributed by atoms with Crippen molar-refractivity contribution in [3.05, 3.63) is 40.8 Å². The number of imidazole rings is 1. The van der Waals surface area contributed by atoms with Crippen molar-refractivity contribution in [3.63, 3.8) is 0 Å². The number of hydrogen-bond acceptors (Lipinski definition) is 5. The molecule has 3 aromatic heterocycles. The van der Waals surface area contributed by atoms with Gasteiger partial charge in [0.15, 0.2) is 0 Å². The summed E-state index contributed by atoms with van der Waals surface area (Å²) in [6.45, 7) is 0.0628. The third-order valence-electron chi connectivity index (χ3n) is 3.89. The average molecular weight is 412 g/mol. The van der Waals surface area contributed by atoms with Gasteiger partial charge in [0.1, 0.15) is 18.0 Å². The summed E-state index contributed by atoms with van der Waals surface area (Å²) in [5.74, 6) is 0.00520. The molecule has 0 saturated carbocycles. The molecule has 1 amide bonds. The Kier molecular flexibility index (Phi) is 6.20. The Morgan fingerprint density at radius 1 is 1.29 bits per heavy atom. The molecule has 0 aliphatic rings. The molecular formula is C18H19F3N4O2S. The summed E-state index contributed by atoms with van der Waals surface area (Å²) in [7, 11) is 1.66. The van der Waals surface area contributed by atoms with Gasteiger partial charge >= 0.3 is 6.18 Å². The van der Waals surface area contributed by atoms with Crippen molar-refractivity contribution in [2.24, 2.45) is 0 Å². The predicted octanol–water partition coefficient (Wildman–Crippen LogP) is 3.80. The van der Waals surface area contributed by atoms with E-state index in [0.717, 1.165) is 46.9 Å². The van der Waals surface area contributed by atoms with E-state index in [1.165, 1.54) is 0 Å². The molecular weight excluding hydrogens is 393 g/mol. The van der Waals surface area contributed by atoms with Gasteiger partial charge in [-0.2, -0.15) is 13.2 Å². The highest BCUT2D eigenvalue weighted by Crippen LogP contribution is 2.26. The van der Waals surface area contributed by atoms with E-state index in [-0.39, 0.29) is 4.88 Å². The van der Waals surface area contributed by atoms with Crippen LogP contribution in [0.15, 0.2) is 36.0 Å². The van der Waals surface area contributed by atoms with Gasteiger partial charge < -0.3 is 19.8 Å². The minimum absolute atomic E-state index is 0.227. The van der Waals surface area contributed by atoms with Gasteiger partial charge in [0.2, 0.25) is 0 Å². The lowest BCUT2D eigenvalue weighted by atomic mass is 10.1. The normalized spacial score (nSPS) is 11.7. The minimum Gasteiger partial charge on any atom is -0.385 e. The van der Waals surface area contributed by atoms with E-state index in [9.17, 15) is 18.0 Å². The summed E-state index contributed by atoms with van der Waals surface area (Å²) in [5.41, 5.74) is 2.35. The van der Waals surface area contributed by atoms with E-state index >= 15 is 0 Å². The number of hydrogen-bond donors (Lipinski definition) is 2. The van der Waals surface area contributed by atoms with E-state index in [4.69, 9.17) is 4.74 Å². The van der Waals surface area contributed by atoms with Crippen LogP contribution in [0.2, 0.25) is 0 Å². The molecule has 0 bridgehead atoms. The number of thiophene rings is 1. The van der Waals surface area contributed by atoms with E-state index in [0.29, 0.717) is 6.61 Å². The maximum absolute atomic E-state index is 12.2. The van der Waals surface area contributed by atoms with Crippen LogP contribution in [-0.4, -0.2) is 48.3 Å². The van der Waals surface area contributed by atoms with Crippen LogP contribution in [0.4, 0.5) is 19.0 Å². The predicted molar refractivity (Wildman–Crippen MR) is 102 cm³/mol. The first-order valence-corrected chi connectivity index (χ1v) is 9.39. The van der Waals surface area contributed by atoms with Crippen molar-refractivity contribution >= 4 is 28.7 Å². The molecule has 0 saturated heterocycles. The van der Waals surface area contributed by atoms with E-state index in [2.05, 4.69) is 10.3 Å². The number of halogens is 3. The molecule has 10 heteroatoms.